The maximum Gasteiger partial charge on any atom is 0.183 e. The van der Waals surface area contributed by atoms with Crippen molar-refractivity contribution >= 4 is 45.9 Å². The van der Waals surface area contributed by atoms with Crippen molar-refractivity contribution < 1.29 is 0 Å². The standard InChI is InChI=1S/C48H35NSi/c1-6-20-36(21-7-1)41-30-16-17-33-44(41)49(38-24-10-3-11-25-38)45-34-18-32-43-47-42(37-22-8-2-9-23-37)31-19-35-46(47)50(48(43)45,39-26-12-4-13-27-39)40-28-14-5-15-29-40/h1-35H. The molecule has 0 atom stereocenters. The molecule has 0 radical (unpaired) electrons. The summed E-state index contributed by atoms with van der Waals surface area (Å²) in [6.07, 6.45) is 0. The highest BCUT2D eigenvalue weighted by Crippen LogP contribution is 2.44. The van der Waals surface area contributed by atoms with Crippen molar-refractivity contribution in [3.63, 3.8) is 0 Å². The molecule has 9 rings (SSSR count). The third kappa shape index (κ3) is 4.76. The van der Waals surface area contributed by atoms with Gasteiger partial charge in [-0.15, -0.1) is 0 Å². The Balaban J connectivity index is 1.45. The number of para-hydroxylation sites is 2. The molecule has 0 spiro atoms. The van der Waals surface area contributed by atoms with Crippen LogP contribution in [0, 0.1) is 0 Å². The number of hydrogen-bond donors (Lipinski definition) is 0. The van der Waals surface area contributed by atoms with Gasteiger partial charge in [0.15, 0.2) is 8.07 Å². The van der Waals surface area contributed by atoms with Crippen molar-refractivity contribution in [1.29, 1.82) is 0 Å². The lowest BCUT2D eigenvalue weighted by Gasteiger charge is -2.36. The largest absolute Gasteiger partial charge is 0.310 e. The van der Waals surface area contributed by atoms with Crippen LogP contribution in [-0.2, 0) is 0 Å². The highest BCUT2D eigenvalue weighted by atomic mass is 28.3. The minimum absolute atomic E-state index is 1.13. The first-order valence-electron chi connectivity index (χ1n) is 17.3. The molecule has 1 aliphatic rings. The van der Waals surface area contributed by atoms with E-state index in [9.17, 15) is 0 Å². The molecular formula is C48H35NSi. The Kier molecular flexibility index (Phi) is 7.57. The Labute approximate surface area is 295 Å². The van der Waals surface area contributed by atoms with Crippen molar-refractivity contribution in [2.75, 3.05) is 4.90 Å². The lowest BCUT2D eigenvalue weighted by Crippen LogP contribution is -2.73. The van der Waals surface area contributed by atoms with Crippen molar-refractivity contribution in [1.82, 2.24) is 0 Å². The summed E-state index contributed by atoms with van der Waals surface area (Å²) in [6.45, 7) is 0. The molecule has 0 saturated heterocycles. The van der Waals surface area contributed by atoms with Crippen molar-refractivity contribution in [3.05, 3.63) is 212 Å². The van der Waals surface area contributed by atoms with Gasteiger partial charge in [0, 0.05) is 16.9 Å². The van der Waals surface area contributed by atoms with Gasteiger partial charge in [0.05, 0.1) is 5.69 Å². The fraction of sp³-hybridized carbons (Fsp3) is 0. The van der Waals surface area contributed by atoms with Crippen LogP contribution in [0.1, 0.15) is 0 Å². The van der Waals surface area contributed by atoms with Crippen LogP contribution in [-0.4, -0.2) is 8.07 Å². The second-order valence-corrected chi connectivity index (χ2v) is 16.5. The van der Waals surface area contributed by atoms with Gasteiger partial charge in [0.25, 0.3) is 0 Å². The molecular weight excluding hydrogens is 619 g/mol. The number of rotatable bonds is 7. The number of anilines is 3. The van der Waals surface area contributed by atoms with Gasteiger partial charge < -0.3 is 4.90 Å². The molecule has 0 bridgehead atoms. The zero-order valence-electron chi connectivity index (χ0n) is 27.7. The first-order chi connectivity index (χ1) is 24.9. The van der Waals surface area contributed by atoms with Gasteiger partial charge in [-0.3, -0.25) is 0 Å². The Morgan fingerprint density at radius 3 is 1.38 bits per heavy atom. The molecule has 50 heavy (non-hydrogen) atoms. The number of fused-ring (bicyclic) bond motifs is 3. The van der Waals surface area contributed by atoms with E-state index < -0.39 is 8.07 Å². The van der Waals surface area contributed by atoms with E-state index in [0.29, 0.717) is 0 Å². The molecule has 0 amide bonds. The summed E-state index contributed by atoms with van der Waals surface area (Å²) < 4.78 is 0. The second kappa shape index (κ2) is 12.7. The molecule has 0 aliphatic carbocycles. The summed E-state index contributed by atoms with van der Waals surface area (Å²) in [6, 6.07) is 78.1. The van der Waals surface area contributed by atoms with Gasteiger partial charge in [-0.25, -0.2) is 0 Å². The molecule has 1 aliphatic heterocycles. The molecule has 1 heterocycles. The van der Waals surface area contributed by atoms with Crippen LogP contribution in [0.2, 0.25) is 0 Å². The number of nitrogens with zero attached hydrogens (tertiary/aromatic N) is 1. The Hall–Kier alpha value is -6.22. The predicted molar refractivity (Wildman–Crippen MR) is 215 cm³/mol. The van der Waals surface area contributed by atoms with Crippen LogP contribution >= 0.6 is 0 Å². The van der Waals surface area contributed by atoms with E-state index in [1.165, 1.54) is 59.8 Å². The molecule has 0 aromatic heterocycles. The monoisotopic (exact) mass is 653 g/mol. The van der Waals surface area contributed by atoms with E-state index in [-0.39, 0.29) is 0 Å². The minimum Gasteiger partial charge on any atom is -0.310 e. The van der Waals surface area contributed by atoms with E-state index in [0.717, 1.165) is 11.4 Å². The third-order valence-corrected chi connectivity index (χ3v) is 15.0. The molecule has 1 nitrogen and oxygen atoms in total. The zero-order valence-corrected chi connectivity index (χ0v) is 28.7. The van der Waals surface area contributed by atoms with Crippen LogP contribution in [0.3, 0.4) is 0 Å². The fourth-order valence-electron chi connectivity index (χ4n) is 8.13. The molecule has 0 fully saturated rings. The Morgan fingerprint density at radius 1 is 0.320 bits per heavy atom. The average molecular weight is 654 g/mol. The maximum absolute atomic E-state index is 2.90. The molecule has 0 unspecified atom stereocenters. The molecule has 8 aromatic carbocycles. The Morgan fingerprint density at radius 2 is 0.760 bits per heavy atom. The van der Waals surface area contributed by atoms with E-state index >= 15 is 0 Å². The zero-order chi connectivity index (χ0) is 33.3. The lowest BCUT2D eigenvalue weighted by molar-refractivity contribution is 1.29. The summed E-state index contributed by atoms with van der Waals surface area (Å²) in [4.78, 5) is 2.52. The van der Waals surface area contributed by atoms with Gasteiger partial charge in [0.2, 0.25) is 0 Å². The Bertz CT molecular complexity index is 2370. The van der Waals surface area contributed by atoms with Crippen LogP contribution in [0.4, 0.5) is 17.1 Å². The van der Waals surface area contributed by atoms with Crippen LogP contribution < -0.4 is 25.6 Å². The lowest BCUT2D eigenvalue weighted by atomic mass is 9.94. The first kappa shape index (κ1) is 29.9. The molecule has 0 N–H and O–H groups in total. The molecule has 8 aromatic rings. The summed E-state index contributed by atoms with van der Waals surface area (Å²) in [7, 11) is -2.90. The third-order valence-electron chi connectivity index (χ3n) is 10.1. The molecule has 0 saturated carbocycles. The molecule has 236 valence electrons. The van der Waals surface area contributed by atoms with E-state index in [2.05, 4.69) is 217 Å². The molecule has 2 heteroatoms. The van der Waals surface area contributed by atoms with Gasteiger partial charge in [-0.1, -0.05) is 188 Å². The predicted octanol–water partition coefficient (Wildman–Crippen LogP) is 9.85. The van der Waals surface area contributed by atoms with E-state index in [4.69, 9.17) is 0 Å². The summed E-state index contributed by atoms with van der Waals surface area (Å²) in [5, 5.41) is 5.62. The maximum atomic E-state index is 2.52. The summed E-state index contributed by atoms with van der Waals surface area (Å²) >= 11 is 0. The fourth-order valence-corrected chi connectivity index (χ4v) is 13.5. The van der Waals surface area contributed by atoms with Crippen molar-refractivity contribution in [3.8, 4) is 33.4 Å². The SMILES string of the molecule is c1ccc(-c2ccccc2N(c2ccccc2)c2cccc3c2[Si](c2ccccc2)(c2ccccc2)c2cccc(-c4ccccc4)c2-3)cc1. The van der Waals surface area contributed by atoms with Crippen LogP contribution in [0.5, 0.6) is 0 Å². The minimum atomic E-state index is -2.90. The van der Waals surface area contributed by atoms with Gasteiger partial charge in [-0.2, -0.15) is 0 Å². The highest BCUT2D eigenvalue weighted by molar-refractivity contribution is 7.22. The number of hydrogen-bond acceptors (Lipinski definition) is 1. The normalized spacial score (nSPS) is 12.6. The van der Waals surface area contributed by atoms with E-state index in [1.807, 2.05) is 0 Å². The van der Waals surface area contributed by atoms with Gasteiger partial charge >= 0.3 is 0 Å². The quantitative estimate of drug-likeness (QED) is 0.155. The first-order valence-corrected chi connectivity index (χ1v) is 19.3. The van der Waals surface area contributed by atoms with Crippen molar-refractivity contribution in [2.24, 2.45) is 0 Å². The van der Waals surface area contributed by atoms with Crippen LogP contribution in [0.25, 0.3) is 33.4 Å². The smallest absolute Gasteiger partial charge is 0.183 e. The summed E-state index contributed by atoms with van der Waals surface area (Å²) in [5.41, 5.74) is 11.1. The van der Waals surface area contributed by atoms with Gasteiger partial charge in [0.1, 0.15) is 0 Å². The average Bonchev–Trinajstić information content (AvgIpc) is 3.52. The van der Waals surface area contributed by atoms with Crippen LogP contribution in [0.15, 0.2) is 212 Å². The van der Waals surface area contributed by atoms with Crippen molar-refractivity contribution in [2.45, 2.75) is 0 Å². The topological polar surface area (TPSA) is 3.24 Å². The second-order valence-electron chi connectivity index (χ2n) is 12.8. The summed E-state index contributed by atoms with van der Waals surface area (Å²) in [5.74, 6) is 0. The van der Waals surface area contributed by atoms with Gasteiger partial charge in [-0.05, 0) is 72.8 Å². The highest BCUT2D eigenvalue weighted by Gasteiger charge is 2.51. The van der Waals surface area contributed by atoms with E-state index in [1.54, 1.807) is 0 Å². The number of benzene rings is 8.